The molecule has 0 atom stereocenters. The van der Waals surface area contributed by atoms with Crippen molar-refractivity contribution in [1.29, 1.82) is 0 Å². The van der Waals surface area contributed by atoms with E-state index in [-0.39, 0.29) is 0 Å². The summed E-state index contributed by atoms with van der Waals surface area (Å²) in [6.45, 7) is 1.01. The van der Waals surface area contributed by atoms with Gasteiger partial charge in [0.2, 0.25) is 0 Å². The fourth-order valence-electron chi connectivity index (χ4n) is 1.34. The molecule has 0 aromatic carbocycles. The van der Waals surface area contributed by atoms with Crippen molar-refractivity contribution < 1.29 is 4.42 Å². The van der Waals surface area contributed by atoms with E-state index in [0.717, 1.165) is 25.1 Å². The molecule has 0 saturated heterocycles. The molecule has 0 fully saturated rings. The van der Waals surface area contributed by atoms with Crippen LogP contribution in [0.5, 0.6) is 0 Å². The number of aryl methyl sites for hydroxylation is 1. The maximum Gasteiger partial charge on any atom is 0.104 e. The molecule has 1 aliphatic rings. The second kappa shape index (κ2) is 4.51. The molecular weight excluding hydrogens is 182 g/mol. The van der Waals surface area contributed by atoms with E-state index in [9.17, 15) is 0 Å². The van der Waals surface area contributed by atoms with Gasteiger partial charge >= 0.3 is 0 Å². The van der Waals surface area contributed by atoms with Crippen LogP contribution in [0, 0.1) is 0 Å². The van der Waals surface area contributed by atoms with Crippen molar-refractivity contribution in [1.82, 2.24) is 0 Å². The number of aliphatic imine (C=N–C) groups is 1. The molecule has 13 heavy (non-hydrogen) atoms. The lowest BCUT2D eigenvalue weighted by Gasteiger charge is -2.09. The first-order valence-corrected chi connectivity index (χ1v) is 5.62. The Morgan fingerprint density at radius 1 is 1.46 bits per heavy atom. The fraction of sp³-hybridized carbons (Fsp3) is 0.500. The zero-order valence-electron chi connectivity index (χ0n) is 7.53. The molecule has 2 heterocycles. The smallest absolute Gasteiger partial charge is 0.104 e. The molecule has 0 bridgehead atoms. The molecule has 2 nitrogen and oxygen atoms in total. The molecule has 3 heteroatoms. The molecule has 70 valence electrons. The summed E-state index contributed by atoms with van der Waals surface area (Å²) in [7, 11) is 0. The molecule has 0 spiro atoms. The Bertz CT molecular complexity index is 279. The Kier molecular flexibility index (Phi) is 3.08. The third kappa shape index (κ3) is 2.62. The van der Waals surface area contributed by atoms with Crippen LogP contribution in [-0.2, 0) is 6.42 Å². The van der Waals surface area contributed by atoms with E-state index in [1.54, 1.807) is 6.26 Å². The first kappa shape index (κ1) is 8.88. The van der Waals surface area contributed by atoms with Crippen molar-refractivity contribution in [3.63, 3.8) is 0 Å². The second-order valence-corrected chi connectivity index (χ2v) is 4.23. The standard InChI is InChI=1S/C10H13NOS/c1-3-9(12-7-1)4-5-10-11-6-2-8-13-10/h1,3,7H,2,4-6,8H2. The van der Waals surface area contributed by atoms with Crippen LogP contribution >= 0.6 is 11.8 Å². The molecule has 0 N–H and O–H groups in total. The van der Waals surface area contributed by atoms with Crippen LogP contribution in [0.1, 0.15) is 18.6 Å². The van der Waals surface area contributed by atoms with Crippen LogP contribution in [0.3, 0.4) is 0 Å². The normalized spacial score (nSPS) is 17.1. The van der Waals surface area contributed by atoms with Gasteiger partial charge in [0, 0.05) is 25.1 Å². The minimum Gasteiger partial charge on any atom is -0.469 e. The van der Waals surface area contributed by atoms with Crippen LogP contribution in [0.4, 0.5) is 0 Å². The zero-order valence-corrected chi connectivity index (χ0v) is 8.35. The summed E-state index contributed by atoms with van der Waals surface area (Å²) < 4.78 is 5.26. The van der Waals surface area contributed by atoms with E-state index < -0.39 is 0 Å². The van der Waals surface area contributed by atoms with Gasteiger partial charge < -0.3 is 4.42 Å². The quantitative estimate of drug-likeness (QED) is 0.741. The Labute approximate surface area is 82.4 Å². The molecule has 0 aliphatic carbocycles. The van der Waals surface area contributed by atoms with Crippen LogP contribution in [-0.4, -0.2) is 17.3 Å². The number of hydrogen-bond acceptors (Lipinski definition) is 3. The van der Waals surface area contributed by atoms with Crippen LogP contribution < -0.4 is 0 Å². The topological polar surface area (TPSA) is 25.5 Å². The van der Waals surface area contributed by atoms with Crippen molar-refractivity contribution in [2.24, 2.45) is 4.99 Å². The minimum absolute atomic E-state index is 0.985. The number of thioether (sulfide) groups is 1. The van der Waals surface area contributed by atoms with Crippen LogP contribution in [0.15, 0.2) is 27.8 Å². The van der Waals surface area contributed by atoms with E-state index in [4.69, 9.17) is 4.42 Å². The first-order valence-electron chi connectivity index (χ1n) is 4.63. The van der Waals surface area contributed by atoms with Gasteiger partial charge in [0.15, 0.2) is 0 Å². The van der Waals surface area contributed by atoms with E-state index in [1.165, 1.54) is 17.2 Å². The van der Waals surface area contributed by atoms with Gasteiger partial charge in [-0.3, -0.25) is 4.99 Å². The van der Waals surface area contributed by atoms with Crippen molar-refractivity contribution in [2.75, 3.05) is 12.3 Å². The Morgan fingerprint density at radius 3 is 3.15 bits per heavy atom. The number of furan rings is 1. The van der Waals surface area contributed by atoms with E-state index in [2.05, 4.69) is 4.99 Å². The third-order valence-electron chi connectivity index (χ3n) is 2.02. The van der Waals surface area contributed by atoms with Gasteiger partial charge in [-0.1, -0.05) is 0 Å². The van der Waals surface area contributed by atoms with Crippen LogP contribution in [0.25, 0.3) is 0 Å². The molecule has 2 rings (SSSR count). The summed E-state index contributed by atoms with van der Waals surface area (Å²) >= 11 is 1.89. The van der Waals surface area contributed by atoms with Gasteiger partial charge in [-0.05, 0) is 18.6 Å². The van der Waals surface area contributed by atoms with E-state index in [1.807, 2.05) is 23.9 Å². The molecule has 1 aromatic rings. The van der Waals surface area contributed by atoms with Gasteiger partial charge in [0.25, 0.3) is 0 Å². The summed E-state index contributed by atoms with van der Waals surface area (Å²) in [5.41, 5.74) is 0. The number of rotatable bonds is 3. The van der Waals surface area contributed by atoms with Gasteiger partial charge in [-0.25, -0.2) is 0 Å². The number of nitrogens with zero attached hydrogens (tertiary/aromatic N) is 1. The summed E-state index contributed by atoms with van der Waals surface area (Å²) in [5, 5.41) is 1.29. The summed E-state index contributed by atoms with van der Waals surface area (Å²) in [6, 6.07) is 3.96. The van der Waals surface area contributed by atoms with Gasteiger partial charge in [-0.15, -0.1) is 11.8 Å². The summed E-state index contributed by atoms with van der Waals surface area (Å²) in [5.74, 6) is 2.30. The SMILES string of the molecule is c1coc(CCC2=NCCCS2)c1. The highest BCUT2D eigenvalue weighted by atomic mass is 32.2. The molecule has 1 aliphatic heterocycles. The van der Waals surface area contributed by atoms with Crippen molar-refractivity contribution in [3.8, 4) is 0 Å². The summed E-state index contributed by atoms with van der Waals surface area (Å²) in [4.78, 5) is 4.47. The van der Waals surface area contributed by atoms with Crippen molar-refractivity contribution >= 4 is 16.8 Å². The minimum atomic E-state index is 0.985. The molecule has 0 saturated carbocycles. The highest BCUT2D eigenvalue weighted by Gasteiger charge is 2.06. The first-order chi connectivity index (χ1) is 6.45. The molecule has 0 amide bonds. The van der Waals surface area contributed by atoms with Gasteiger partial charge in [0.05, 0.1) is 11.3 Å². The lowest BCUT2D eigenvalue weighted by Crippen LogP contribution is -2.04. The van der Waals surface area contributed by atoms with Crippen molar-refractivity contribution in [3.05, 3.63) is 24.2 Å². The monoisotopic (exact) mass is 195 g/mol. The lowest BCUT2D eigenvalue weighted by atomic mass is 10.2. The predicted molar refractivity (Wildman–Crippen MR) is 56.4 cm³/mol. The average Bonchev–Trinajstić information content (AvgIpc) is 2.69. The van der Waals surface area contributed by atoms with E-state index in [0.29, 0.717) is 0 Å². The highest BCUT2D eigenvalue weighted by molar-refractivity contribution is 8.14. The largest absolute Gasteiger partial charge is 0.469 e. The Balaban J connectivity index is 1.82. The summed E-state index contributed by atoms with van der Waals surface area (Å²) in [6.07, 6.45) is 4.98. The molecule has 1 aromatic heterocycles. The predicted octanol–water partition coefficient (Wildman–Crippen LogP) is 2.75. The Morgan fingerprint density at radius 2 is 2.46 bits per heavy atom. The zero-order chi connectivity index (χ0) is 8.93. The van der Waals surface area contributed by atoms with Crippen LogP contribution in [0.2, 0.25) is 0 Å². The third-order valence-corrected chi connectivity index (χ3v) is 3.18. The highest BCUT2D eigenvalue weighted by Crippen LogP contribution is 2.16. The molecule has 0 radical (unpaired) electrons. The molecule has 0 unspecified atom stereocenters. The van der Waals surface area contributed by atoms with Gasteiger partial charge in [-0.2, -0.15) is 0 Å². The van der Waals surface area contributed by atoms with Gasteiger partial charge in [0.1, 0.15) is 5.76 Å². The second-order valence-electron chi connectivity index (χ2n) is 3.06. The lowest BCUT2D eigenvalue weighted by molar-refractivity contribution is 0.512. The average molecular weight is 195 g/mol. The van der Waals surface area contributed by atoms with E-state index >= 15 is 0 Å². The Hall–Kier alpha value is -0.700. The maximum atomic E-state index is 5.26. The van der Waals surface area contributed by atoms with Crippen molar-refractivity contribution in [2.45, 2.75) is 19.3 Å². The fourth-order valence-corrected chi connectivity index (χ4v) is 2.28. The maximum absolute atomic E-state index is 5.26. The molecular formula is C10H13NOS. The number of hydrogen-bond donors (Lipinski definition) is 0.